The lowest BCUT2D eigenvalue weighted by Gasteiger charge is -2.23. The van der Waals surface area contributed by atoms with Gasteiger partial charge in [0.15, 0.2) is 11.5 Å². The molecule has 0 saturated carbocycles. The lowest BCUT2D eigenvalue weighted by atomic mass is 9.93. The quantitative estimate of drug-likeness (QED) is 0.104. The number of carbonyl (C=O) groups excluding carboxylic acids is 1. The standard InChI is InChI=1S/C39H38F7N7O4S/c1-19(2)30(54)13-11-25-10-12-26(27-8-7-9-28-34(27)52(5)50-37(28)51-58(6,56)57)33(47-25)29(16-22-14-23(40)17-24(41)15-22)48-31(55)18-53-36-32(35(49-53)39(44,45)46)20(3)21(4)38(36,42)43/h7-10,12,14-15,17,19-21,29-30,54H,16,18H2,1-6H3,(H,48,55)(H,50,51)/t20-,21+,29-,30?/m0/s1. The number of para-hydroxylation sites is 1. The van der Waals surface area contributed by atoms with Crippen LogP contribution in [-0.4, -0.2) is 56.3 Å². The van der Waals surface area contributed by atoms with Crippen LogP contribution in [0.3, 0.4) is 0 Å². The number of sulfonamides is 1. The van der Waals surface area contributed by atoms with Gasteiger partial charge in [-0.3, -0.25) is 18.9 Å². The number of hydrogen-bond acceptors (Lipinski definition) is 7. The van der Waals surface area contributed by atoms with E-state index < -0.39 is 87.1 Å². The molecule has 0 saturated heterocycles. The van der Waals surface area contributed by atoms with E-state index in [-0.39, 0.29) is 40.7 Å². The first-order valence-corrected chi connectivity index (χ1v) is 19.8. The van der Waals surface area contributed by atoms with Gasteiger partial charge in [0.25, 0.3) is 5.92 Å². The zero-order chi connectivity index (χ0) is 42.6. The number of nitrogens with zero attached hydrogens (tertiary/aromatic N) is 5. The van der Waals surface area contributed by atoms with Crippen molar-refractivity contribution < 1.29 is 49.1 Å². The summed E-state index contributed by atoms with van der Waals surface area (Å²) in [6, 6.07) is 9.14. The predicted molar refractivity (Wildman–Crippen MR) is 200 cm³/mol. The van der Waals surface area contributed by atoms with E-state index in [1.165, 1.54) is 17.7 Å². The van der Waals surface area contributed by atoms with Crippen molar-refractivity contribution in [1.29, 1.82) is 0 Å². The molecule has 0 radical (unpaired) electrons. The van der Waals surface area contributed by atoms with E-state index in [4.69, 9.17) is 4.98 Å². The zero-order valence-electron chi connectivity index (χ0n) is 31.9. The van der Waals surface area contributed by atoms with Crippen LogP contribution in [0.5, 0.6) is 0 Å². The molecule has 5 aromatic rings. The summed E-state index contributed by atoms with van der Waals surface area (Å²) in [6.45, 7) is 4.70. The Kier molecular flexibility index (Phi) is 11.2. The Bertz CT molecular complexity index is 2570. The van der Waals surface area contributed by atoms with Gasteiger partial charge in [-0.05, 0) is 60.1 Å². The molecule has 3 N–H and O–H groups in total. The third kappa shape index (κ3) is 8.39. The molecule has 4 atom stereocenters. The van der Waals surface area contributed by atoms with Crippen LogP contribution in [0.4, 0.5) is 36.6 Å². The third-order valence-electron chi connectivity index (χ3n) is 10.0. The molecule has 0 aliphatic heterocycles. The second-order valence-electron chi connectivity index (χ2n) is 14.7. The minimum Gasteiger partial charge on any atom is -0.380 e. The van der Waals surface area contributed by atoms with Gasteiger partial charge < -0.3 is 10.4 Å². The molecular formula is C39H38F7N7O4S. The average Bonchev–Trinajstić information content (AvgIpc) is 3.71. The van der Waals surface area contributed by atoms with Gasteiger partial charge in [0, 0.05) is 41.1 Å². The van der Waals surface area contributed by atoms with Crippen LogP contribution in [0, 0.1) is 35.3 Å². The van der Waals surface area contributed by atoms with Crippen LogP contribution < -0.4 is 10.0 Å². The minimum atomic E-state index is -5.11. The molecule has 3 aromatic heterocycles. The van der Waals surface area contributed by atoms with Crippen molar-refractivity contribution in [1.82, 2.24) is 29.9 Å². The van der Waals surface area contributed by atoms with Gasteiger partial charge >= 0.3 is 6.18 Å². The number of hydrogen-bond donors (Lipinski definition) is 3. The van der Waals surface area contributed by atoms with E-state index in [0.717, 1.165) is 25.3 Å². The number of aliphatic hydroxyl groups is 1. The van der Waals surface area contributed by atoms with E-state index in [9.17, 15) is 40.3 Å². The van der Waals surface area contributed by atoms with Gasteiger partial charge in [-0.2, -0.15) is 32.1 Å². The fourth-order valence-corrected chi connectivity index (χ4v) is 7.58. The number of fused-ring (bicyclic) bond motifs is 2. The molecule has 0 spiro atoms. The molecule has 308 valence electrons. The first kappa shape index (κ1) is 42.1. The highest BCUT2D eigenvalue weighted by Crippen LogP contribution is 2.55. The summed E-state index contributed by atoms with van der Waals surface area (Å²) in [5.41, 5.74) is -2.18. The molecule has 2 aromatic carbocycles. The summed E-state index contributed by atoms with van der Waals surface area (Å²) in [6.07, 6.45) is -5.62. The number of amides is 1. The average molecular weight is 834 g/mol. The summed E-state index contributed by atoms with van der Waals surface area (Å²) in [5.74, 6) is -4.40. The number of benzene rings is 2. The molecule has 1 amide bonds. The third-order valence-corrected chi connectivity index (χ3v) is 10.6. The summed E-state index contributed by atoms with van der Waals surface area (Å²) >= 11 is 0. The van der Waals surface area contributed by atoms with E-state index in [0.29, 0.717) is 27.2 Å². The summed E-state index contributed by atoms with van der Waals surface area (Å²) in [4.78, 5) is 18.7. The second kappa shape index (κ2) is 15.4. The highest BCUT2D eigenvalue weighted by atomic mass is 32.2. The van der Waals surface area contributed by atoms with Crippen LogP contribution in [0.15, 0.2) is 48.5 Å². The smallest absolute Gasteiger partial charge is 0.380 e. The Morgan fingerprint density at radius 1 is 1.03 bits per heavy atom. The van der Waals surface area contributed by atoms with Gasteiger partial charge in [-0.1, -0.05) is 45.7 Å². The van der Waals surface area contributed by atoms with Crippen LogP contribution >= 0.6 is 0 Å². The number of aliphatic hydroxyl groups excluding tert-OH is 1. The van der Waals surface area contributed by atoms with Crippen LogP contribution in [0.1, 0.15) is 73.6 Å². The maximum absolute atomic E-state index is 15.6. The lowest BCUT2D eigenvalue weighted by molar-refractivity contribution is -0.143. The number of pyridine rings is 1. The molecule has 6 rings (SSSR count). The molecule has 1 unspecified atom stereocenters. The second-order valence-corrected chi connectivity index (χ2v) is 16.5. The van der Waals surface area contributed by atoms with Crippen molar-refractivity contribution in [2.75, 3.05) is 11.0 Å². The molecule has 1 aliphatic carbocycles. The SMILES string of the molecule is CC(C)C(O)C#Cc1ccc(-c2cccc3c(NS(C)(=O)=O)nn(C)c23)c([C@H](Cc2cc(F)cc(F)c2)NC(=O)Cn2nc(C(F)(F)F)c3c2C(F)(F)[C@H](C)[C@@H]3C)n1. The van der Waals surface area contributed by atoms with Crippen molar-refractivity contribution in [3.8, 4) is 23.0 Å². The molecule has 0 fully saturated rings. The molecule has 19 heteroatoms. The molecule has 58 heavy (non-hydrogen) atoms. The first-order valence-electron chi connectivity index (χ1n) is 17.9. The number of alkyl halides is 5. The monoisotopic (exact) mass is 833 g/mol. The predicted octanol–water partition coefficient (Wildman–Crippen LogP) is 6.81. The number of nitrogens with one attached hydrogen (secondary N) is 2. The molecule has 11 nitrogen and oxygen atoms in total. The maximum atomic E-state index is 15.6. The minimum absolute atomic E-state index is 0.00410. The van der Waals surface area contributed by atoms with Crippen molar-refractivity contribution in [2.24, 2.45) is 18.9 Å². The Morgan fingerprint density at radius 2 is 1.71 bits per heavy atom. The van der Waals surface area contributed by atoms with E-state index >= 15 is 8.78 Å². The Hall–Kier alpha value is -5.48. The Labute approximate surface area is 328 Å². The van der Waals surface area contributed by atoms with E-state index in [1.54, 1.807) is 45.2 Å². The Morgan fingerprint density at radius 3 is 2.33 bits per heavy atom. The number of halogens is 7. The number of aromatic nitrogens is 5. The largest absolute Gasteiger partial charge is 0.435 e. The van der Waals surface area contributed by atoms with Crippen molar-refractivity contribution >= 4 is 32.7 Å². The van der Waals surface area contributed by atoms with Crippen LogP contribution in [-0.2, 0) is 46.9 Å². The van der Waals surface area contributed by atoms with Crippen molar-refractivity contribution in [3.63, 3.8) is 0 Å². The molecule has 1 aliphatic rings. The fourth-order valence-electron chi connectivity index (χ4n) is 7.08. The summed E-state index contributed by atoms with van der Waals surface area (Å²) < 4.78 is 131. The number of rotatable bonds is 10. The molecule has 3 heterocycles. The Balaban J connectivity index is 1.53. The van der Waals surface area contributed by atoms with Gasteiger partial charge in [-0.25, -0.2) is 22.2 Å². The molecular weight excluding hydrogens is 796 g/mol. The van der Waals surface area contributed by atoms with E-state index in [1.807, 2.05) is 0 Å². The highest BCUT2D eigenvalue weighted by Gasteiger charge is 2.57. The number of carbonyl (C=O) groups is 1. The fraction of sp³-hybridized carbons (Fsp3) is 0.385. The first-order chi connectivity index (χ1) is 27.0. The van der Waals surface area contributed by atoms with Crippen molar-refractivity contribution in [2.45, 2.75) is 70.8 Å². The normalized spacial score (nSPS) is 17.5. The van der Waals surface area contributed by atoms with Gasteiger partial charge in [0.05, 0.1) is 23.5 Å². The topological polar surface area (TPSA) is 144 Å². The van der Waals surface area contributed by atoms with Crippen LogP contribution in [0.2, 0.25) is 0 Å². The van der Waals surface area contributed by atoms with Crippen LogP contribution in [0.25, 0.3) is 22.0 Å². The highest BCUT2D eigenvalue weighted by molar-refractivity contribution is 7.92. The maximum Gasteiger partial charge on any atom is 0.435 e. The van der Waals surface area contributed by atoms with E-state index in [2.05, 4.69) is 32.1 Å². The zero-order valence-corrected chi connectivity index (χ0v) is 32.7. The van der Waals surface area contributed by atoms with Gasteiger partial charge in [0.1, 0.15) is 35.7 Å². The molecule has 0 bridgehead atoms. The number of anilines is 1. The van der Waals surface area contributed by atoms with Gasteiger partial charge in [0.2, 0.25) is 15.9 Å². The number of aryl methyl sites for hydroxylation is 1. The summed E-state index contributed by atoms with van der Waals surface area (Å²) in [5, 5.41) is 21.2. The van der Waals surface area contributed by atoms with Crippen molar-refractivity contribution in [3.05, 3.63) is 94.1 Å². The van der Waals surface area contributed by atoms with Gasteiger partial charge in [-0.15, -0.1) is 0 Å². The lowest BCUT2D eigenvalue weighted by Crippen LogP contribution is -2.35. The summed E-state index contributed by atoms with van der Waals surface area (Å²) in [7, 11) is -2.24.